The van der Waals surface area contributed by atoms with Crippen molar-refractivity contribution in [3.05, 3.63) is 22.2 Å². The van der Waals surface area contributed by atoms with Gasteiger partial charge in [0.15, 0.2) is 0 Å². The standard InChI is InChI=1S/C12H20N4O/c1-3-9-14-10(8-11(17)15-9)16-12(2)4-6-13-7-5-12/h8,13H,3-7H2,1-2H3,(H2,14,15,16,17). The Morgan fingerprint density at radius 3 is 2.82 bits per heavy atom. The normalized spacial score (nSPS) is 18.9. The lowest BCUT2D eigenvalue weighted by Gasteiger charge is -2.35. The van der Waals surface area contributed by atoms with Gasteiger partial charge in [0.1, 0.15) is 11.6 Å². The summed E-state index contributed by atoms with van der Waals surface area (Å²) in [6, 6.07) is 1.53. The van der Waals surface area contributed by atoms with Crippen molar-refractivity contribution in [3.8, 4) is 0 Å². The second-order valence-corrected chi connectivity index (χ2v) is 4.87. The molecular formula is C12H20N4O. The van der Waals surface area contributed by atoms with E-state index in [0.29, 0.717) is 5.82 Å². The van der Waals surface area contributed by atoms with Crippen LogP contribution >= 0.6 is 0 Å². The average molecular weight is 236 g/mol. The Balaban J connectivity index is 2.17. The molecule has 0 aliphatic carbocycles. The number of nitrogens with zero attached hydrogens (tertiary/aromatic N) is 1. The fourth-order valence-electron chi connectivity index (χ4n) is 2.15. The first kappa shape index (κ1) is 12.1. The fraction of sp³-hybridized carbons (Fsp3) is 0.667. The van der Waals surface area contributed by atoms with E-state index < -0.39 is 0 Å². The molecule has 94 valence electrons. The first-order chi connectivity index (χ1) is 8.11. The van der Waals surface area contributed by atoms with Gasteiger partial charge >= 0.3 is 0 Å². The second-order valence-electron chi connectivity index (χ2n) is 4.87. The molecule has 0 spiro atoms. The third-order valence-corrected chi connectivity index (χ3v) is 3.26. The lowest BCUT2D eigenvalue weighted by atomic mass is 9.91. The Hall–Kier alpha value is -1.36. The highest BCUT2D eigenvalue weighted by Crippen LogP contribution is 2.21. The van der Waals surface area contributed by atoms with Crippen molar-refractivity contribution in [2.75, 3.05) is 18.4 Å². The largest absolute Gasteiger partial charge is 0.365 e. The summed E-state index contributed by atoms with van der Waals surface area (Å²) in [6.45, 7) is 6.18. The van der Waals surface area contributed by atoms with Crippen LogP contribution in [0.2, 0.25) is 0 Å². The molecule has 1 aliphatic heterocycles. The molecule has 3 N–H and O–H groups in total. The van der Waals surface area contributed by atoms with Gasteiger partial charge in [-0.25, -0.2) is 4.98 Å². The number of nitrogens with one attached hydrogen (secondary N) is 3. The first-order valence-electron chi connectivity index (χ1n) is 6.20. The van der Waals surface area contributed by atoms with Crippen molar-refractivity contribution in [1.82, 2.24) is 15.3 Å². The van der Waals surface area contributed by atoms with E-state index in [4.69, 9.17) is 0 Å². The van der Waals surface area contributed by atoms with Gasteiger partial charge in [0.25, 0.3) is 5.56 Å². The maximum absolute atomic E-state index is 11.5. The predicted molar refractivity (Wildman–Crippen MR) is 68.4 cm³/mol. The number of rotatable bonds is 3. The number of hydrogen-bond donors (Lipinski definition) is 3. The van der Waals surface area contributed by atoms with Crippen LogP contribution in [0.3, 0.4) is 0 Å². The number of hydrogen-bond acceptors (Lipinski definition) is 4. The summed E-state index contributed by atoms with van der Waals surface area (Å²) < 4.78 is 0. The second kappa shape index (κ2) is 4.87. The van der Waals surface area contributed by atoms with Crippen molar-refractivity contribution in [1.29, 1.82) is 0 Å². The zero-order valence-corrected chi connectivity index (χ0v) is 10.5. The highest BCUT2D eigenvalue weighted by atomic mass is 16.1. The minimum absolute atomic E-state index is 0.0387. The average Bonchev–Trinajstić information content (AvgIpc) is 2.28. The Bertz CT molecular complexity index is 434. The molecule has 0 atom stereocenters. The molecule has 0 amide bonds. The number of H-pyrrole nitrogens is 1. The minimum Gasteiger partial charge on any atom is -0.365 e. The molecule has 2 heterocycles. The van der Waals surface area contributed by atoms with Crippen LogP contribution < -0.4 is 16.2 Å². The third-order valence-electron chi connectivity index (χ3n) is 3.26. The van der Waals surface area contributed by atoms with E-state index in [-0.39, 0.29) is 11.1 Å². The van der Waals surface area contributed by atoms with E-state index >= 15 is 0 Å². The van der Waals surface area contributed by atoms with E-state index in [9.17, 15) is 4.79 Å². The molecule has 1 aromatic rings. The van der Waals surface area contributed by atoms with Crippen LogP contribution in [0.5, 0.6) is 0 Å². The molecule has 2 rings (SSSR count). The molecule has 5 nitrogen and oxygen atoms in total. The van der Waals surface area contributed by atoms with Gasteiger partial charge in [-0.3, -0.25) is 4.79 Å². The number of aromatic amines is 1. The molecule has 17 heavy (non-hydrogen) atoms. The molecule has 5 heteroatoms. The Morgan fingerprint density at radius 2 is 2.18 bits per heavy atom. The Kier molecular flexibility index (Phi) is 3.47. The summed E-state index contributed by atoms with van der Waals surface area (Å²) in [6.07, 6.45) is 2.83. The van der Waals surface area contributed by atoms with E-state index in [1.165, 1.54) is 6.07 Å². The summed E-state index contributed by atoms with van der Waals surface area (Å²) in [5.74, 6) is 1.42. The Labute approximate surface area is 101 Å². The van der Waals surface area contributed by atoms with Gasteiger partial charge in [-0.2, -0.15) is 0 Å². The molecule has 1 aliphatic rings. The van der Waals surface area contributed by atoms with E-state index in [1.807, 2.05) is 6.92 Å². The monoisotopic (exact) mass is 236 g/mol. The topological polar surface area (TPSA) is 69.8 Å². The maximum Gasteiger partial charge on any atom is 0.252 e. The summed E-state index contributed by atoms with van der Waals surface area (Å²) in [5.41, 5.74) is -0.0475. The minimum atomic E-state index is -0.0862. The highest BCUT2D eigenvalue weighted by molar-refractivity contribution is 5.36. The van der Waals surface area contributed by atoms with Crippen molar-refractivity contribution in [2.24, 2.45) is 0 Å². The van der Waals surface area contributed by atoms with E-state index in [0.717, 1.165) is 38.2 Å². The number of anilines is 1. The number of piperidine rings is 1. The summed E-state index contributed by atoms with van der Waals surface area (Å²) >= 11 is 0. The molecule has 0 saturated carbocycles. The van der Waals surface area contributed by atoms with Gasteiger partial charge in [-0.15, -0.1) is 0 Å². The zero-order valence-electron chi connectivity index (χ0n) is 10.5. The van der Waals surface area contributed by atoms with Crippen LogP contribution in [0.4, 0.5) is 5.82 Å². The van der Waals surface area contributed by atoms with Crippen molar-refractivity contribution in [2.45, 2.75) is 38.6 Å². The van der Waals surface area contributed by atoms with E-state index in [2.05, 4.69) is 27.5 Å². The molecule has 0 radical (unpaired) electrons. The third kappa shape index (κ3) is 3.06. The highest BCUT2D eigenvalue weighted by Gasteiger charge is 2.26. The van der Waals surface area contributed by atoms with Crippen LogP contribution in [0.25, 0.3) is 0 Å². The summed E-state index contributed by atoms with van der Waals surface area (Å²) in [7, 11) is 0. The lowest BCUT2D eigenvalue weighted by Crippen LogP contribution is -2.45. The number of aryl methyl sites for hydroxylation is 1. The lowest BCUT2D eigenvalue weighted by molar-refractivity contribution is 0.364. The molecule has 1 aromatic heterocycles. The summed E-state index contributed by atoms with van der Waals surface area (Å²) in [4.78, 5) is 18.6. The van der Waals surface area contributed by atoms with Crippen LogP contribution in [0.15, 0.2) is 10.9 Å². The summed E-state index contributed by atoms with van der Waals surface area (Å²) in [5, 5.41) is 6.73. The SMILES string of the molecule is CCc1nc(NC2(C)CCNCC2)cc(=O)[nH]1. The number of aromatic nitrogens is 2. The molecule has 1 fully saturated rings. The van der Waals surface area contributed by atoms with E-state index in [1.54, 1.807) is 0 Å². The Morgan fingerprint density at radius 1 is 1.47 bits per heavy atom. The van der Waals surface area contributed by atoms with Gasteiger partial charge in [0.05, 0.1) is 0 Å². The van der Waals surface area contributed by atoms with Crippen LogP contribution in [-0.2, 0) is 6.42 Å². The predicted octanol–water partition coefficient (Wildman–Crippen LogP) is 0.886. The smallest absolute Gasteiger partial charge is 0.252 e. The molecule has 0 bridgehead atoms. The quantitative estimate of drug-likeness (QED) is 0.729. The van der Waals surface area contributed by atoms with Crippen molar-refractivity contribution in [3.63, 3.8) is 0 Å². The molecule has 0 aromatic carbocycles. The van der Waals surface area contributed by atoms with Gasteiger partial charge in [-0.1, -0.05) is 6.92 Å². The van der Waals surface area contributed by atoms with Crippen LogP contribution in [0, 0.1) is 0 Å². The van der Waals surface area contributed by atoms with Gasteiger partial charge in [0.2, 0.25) is 0 Å². The van der Waals surface area contributed by atoms with Crippen molar-refractivity contribution < 1.29 is 0 Å². The maximum atomic E-state index is 11.5. The molecule has 1 saturated heterocycles. The zero-order chi connectivity index (χ0) is 12.3. The fourth-order valence-corrected chi connectivity index (χ4v) is 2.15. The van der Waals surface area contributed by atoms with Gasteiger partial charge in [0, 0.05) is 18.0 Å². The van der Waals surface area contributed by atoms with Gasteiger partial charge < -0.3 is 15.6 Å². The van der Waals surface area contributed by atoms with Crippen LogP contribution in [-0.4, -0.2) is 28.6 Å². The first-order valence-corrected chi connectivity index (χ1v) is 6.20. The van der Waals surface area contributed by atoms with Crippen LogP contribution in [0.1, 0.15) is 32.5 Å². The molecular weight excluding hydrogens is 216 g/mol. The molecule has 0 unspecified atom stereocenters. The van der Waals surface area contributed by atoms with Gasteiger partial charge in [-0.05, 0) is 32.9 Å². The van der Waals surface area contributed by atoms with Crippen molar-refractivity contribution >= 4 is 5.82 Å².